The fourth-order valence-corrected chi connectivity index (χ4v) is 6.24. The van der Waals surface area contributed by atoms with Gasteiger partial charge in [-0.1, -0.05) is 115 Å². The lowest BCUT2D eigenvalue weighted by molar-refractivity contribution is 1.64. The van der Waals surface area contributed by atoms with E-state index >= 15 is 0 Å². The van der Waals surface area contributed by atoms with Crippen LogP contribution in [0.1, 0.15) is 0 Å². The van der Waals surface area contributed by atoms with E-state index in [-0.39, 0.29) is 0 Å². The van der Waals surface area contributed by atoms with Gasteiger partial charge < -0.3 is 0 Å². The van der Waals surface area contributed by atoms with Crippen LogP contribution in [0.3, 0.4) is 0 Å². The zero-order valence-corrected chi connectivity index (χ0v) is 19.4. The van der Waals surface area contributed by atoms with Crippen molar-refractivity contribution in [3.05, 3.63) is 120 Å². The Kier molecular flexibility index (Phi) is 4.09. The first-order valence-electron chi connectivity index (χ1n) is 11.2. The van der Waals surface area contributed by atoms with Crippen molar-refractivity contribution in [1.82, 2.24) is 0 Å². The predicted octanol–water partition coefficient (Wildman–Crippen LogP) is 9.74. The molecule has 0 N–H and O–H groups in total. The molecular weight excluding hydrogens is 464 g/mol. The van der Waals surface area contributed by atoms with Crippen molar-refractivity contribution in [1.29, 1.82) is 0 Å². The highest BCUT2D eigenvalue weighted by atomic mass is 79.9. The zero-order chi connectivity index (χ0) is 21.9. The number of benzene rings is 6. The summed E-state index contributed by atoms with van der Waals surface area (Å²) in [6, 6.07) is 41.6. The van der Waals surface area contributed by atoms with Gasteiger partial charge in [-0.2, -0.15) is 0 Å². The molecule has 0 saturated carbocycles. The molecule has 0 radical (unpaired) electrons. The van der Waals surface area contributed by atoms with Gasteiger partial charge in [0.1, 0.15) is 0 Å². The van der Waals surface area contributed by atoms with Crippen molar-refractivity contribution in [3.63, 3.8) is 0 Å². The molecule has 6 aromatic carbocycles. The Labute approximate surface area is 201 Å². The first-order valence-corrected chi connectivity index (χ1v) is 12.0. The van der Waals surface area contributed by atoms with E-state index in [2.05, 4.69) is 131 Å². The minimum atomic E-state index is 1.17. The molecule has 0 aromatic heterocycles. The minimum Gasteiger partial charge on any atom is -0.0622 e. The van der Waals surface area contributed by atoms with E-state index in [0.29, 0.717) is 0 Å². The summed E-state index contributed by atoms with van der Waals surface area (Å²) in [6.45, 7) is 0. The smallest absolute Gasteiger partial charge is 0.0339 e. The second kappa shape index (κ2) is 7.16. The standard InChI is InChI=1S/C32H19Br/c33-32-27-17-9-16-22(20-10-3-1-4-11-20)28(27)29-25-15-8-7-14-24(25)26-19-18-23(31(32)30(26)29)21-12-5-2-6-13-21/h1-19H. The molecule has 6 aromatic rings. The summed E-state index contributed by atoms with van der Waals surface area (Å²) in [5.41, 5.74) is 10.3. The van der Waals surface area contributed by atoms with Gasteiger partial charge in [0.2, 0.25) is 0 Å². The van der Waals surface area contributed by atoms with Crippen LogP contribution in [0.2, 0.25) is 0 Å². The van der Waals surface area contributed by atoms with Crippen LogP contribution in [-0.4, -0.2) is 0 Å². The minimum absolute atomic E-state index is 1.17. The third-order valence-corrected chi connectivity index (χ3v) is 7.71. The quantitative estimate of drug-likeness (QED) is 0.215. The molecule has 0 fully saturated rings. The molecule has 0 atom stereocenters. The van der Waals surface area contributed by atoms with Crippen LogP contribution in [-0.2, 0) is 0 Å². The average molecular weight is 483 g/mol. The van der Waals surface area contributed by atoms with Gasteiger partial charge in [-0.25, -0.2) is 0 Å². The lowest BCUT2D eigenvalue weighted by Gasteiger charge is -2.17. The zero-order valence-electron chi connectivity index (χ0n) is 17.8. The van der Waals surface area contributed by atoms with E-state index in [9.17, 15) is 0 Å². The monoisotopic (exact) mass is 482 g/mol. The molecule has 7 rings (SSSR count). The molecule has 0 saturated heterocycles. The Bertz CT molecular complexity index is 1700. The van der Waals surface area contributed by atoms with E-state index in [1.54, 1.807) is 0 Å². The summed E-state index contributed by atoms with van der Waals surface area (Å²) >= 11 is 4.08. The van der Waals surface area contributed by atoms with E-state index in [1.165, 1.54) is 70.5 Å². The largest absolute Gasteiger partial charge is 0.0622 e. The van der Waals surface area contributed by atoms with Crippen LogP contribution in [0, 0.1) is 0 Å². The summed E-state index contributed by atoms with van der Waals surface area (Å²) in [6.07, 6.45) is 0. The molecule has 154 valence electrons. The molecule has 0 nitrogen and oxygen atoms in total. The van der Waals surface area contributed by atoms with Crippen molar-refractivity contribution in [2.75, 3.05) is 0 Å². The molecule has 0 heterocycles. The summed E-state index contributed by atoms with van der Waals surface area (Å²) in [7, 11) is 0. The maximum atomic E-state index is 4.08. The SMILES string of the molecule is Brc1c2cccc(-c3ccccc3)c2c2c3c(ccc(-c4ccccc4)c13)-c1ccccc1-2. The van der Waals surface area contributed by atoms with Crippen LogP contribution in [0.25, 0.3) is 66.1 Å². The molecule has 0 amide bonds. The number of halogens is 1. The fourth-order valence-electron chi connectivity index (χ4n) is 5.50. The van der Waals surface area contributed by atoms with E-state index < -0.39 is 0 Å². The highest BCUT2D eigenvalue weighted by molar-refractivity contribution is 9.10. The molecule has 0 unspecified atom stereocenters. The average Bonchev–Trinajstić information content (AvgIpc) is 3.22. The van der Waals surface area contributed by atoms with Crippen LogP contribution >= 0.6 is 15.9 Å². The predicted molar refractivity (Wildman–Crippen MR) is 144 cm³/mol. The van der Waals surface area contributed by atoms with E-state index in [0.717, 1.165) is 0 Å². The normalized spacial score (nSPS) is 11.8. The molecule has 1 aliphatic carbocycles. The highest BCUT2D eigenvalue weighted by Crippen LogP contribution is 2.56. The van der Waals surface area contributed by atoms with Crippen LogP contribution in [0.4, 0.5) is 0 Å². The molecule has 0 aliphatic heterocycles. The molecule has 0 bridgehead atoms. The van der Waals surface area contributed by atoms with Gasteiger partial charge in [-0.05, 0) is 76.6 Å². The third-order valence-electron chi connectivity index (χ3n) is 6.88. The van der Waals surface area contributed by atoms with Crippen LogP contribution in [0.15, 0.2) is 120 Å². The van der Waals surface area contributed by atoms with E-state index in [1.807, 2.05) is 0 Å². The number of rotatable bonds is 2. The molecule has 0 spiro atoms. The number of fused-ring (bicyclic) bond motifs is 5. The second-order valence-corrected chi connectivity index (χ2v) is 9.40. The first-order chi connectivity index (χ1) is 16.3. The van der Waals surface area contributed by atoms with Gasteiger partial charge in [0, 0.05) is 9.86 Å². The summed E-state index contributed by atoms with van der Waals surface area (Å²) in [4.78, 5) is 0. The second-order valence-electron chi connectivity index (χ2n) is 8.61. The molecule has 33 heavy (non-hydrogen) atoms. The lowest BCUT2D eigenvalue weighted by atomic mass is 9.87. The van der Waals surface area contributed by atoms with Gasteiger partial charge in [0.25, 0.3) is 0 Å². The van der Waals surface area contributed by atoms with E-state index in [4.69, 9.17) is 0 Å². The topological polar surface area (TPSA) is 0 Å². The van der Waals surface area contributed by atoms with Gasteiger partial charge >= 0.3 is 0 Å². The Morgan fingerprint density at radius 1 is 0.364 bits per heavy atom. The maximum absolute atomic E-state index is 4.08. The van der Waals surface area contributed by atoms with Crippen molar-refractivity contribution in [2.45, 2.75) is 0 Å². The van der Waals surface area contributed by atoms with Crippen LogP contribution in [0.5, 0.6) is 0 Å². The fraction of sp³-hybridized carbons (Fsp3) is 0. The lowest BCUT2D eigenvalue weighted by Crippen LogP contribution is -1.90. The summed E-state index contributed by atoms with van der Waals surface area (Å²) in [5.74, 6) is 0. The maximum Gasteiger partial charge on any atom is 0.0339 e. The summed E-state index contributed by atoms with van der Waals surface area (Å²) in [5, 5.41) is 5.22. The van der Waals surface area contributed by atoms with Crippen molar-refractivity contribution in [3.8, 4) is 44.5 Å². The Morgan fingerprint density at radius 3 is 1.61 bits per heavy atom. The van der Waals surface area contributed by atoms with Crippen molar-refractivity contribution in [2.24, 2.45) is 0 Å². The van der Waals surface area contributed by atoms with Gasteiger partial charge in [-0.3, -0.25) is 0 Å². The van der Waals surface area contributed by atoms with Crippen molar-refractivity contribution >= 4 is 37.5 Å². The molecule has 1 heteroatoms. The van der Waals surface area contributed by atoms with Gasteiger partial charge in [0.05, 0.1) is 0 Å². The molecular formula is C32H19Br. The Morgan fingerprint density at radius 2 is 0.909 bits per heavy atom. The van der Waals surface area contributed by atoms with Crippen molar-refractivity contribution < 1.29 is 0 Å². The van der Waals surface area contributed by atoms with Crippen LogP contribution < -0.4 is 0 Å². The Hall–Kier alpha value is -3.68. The molecule has 1 aliphatic rings. The first kappa shape index (κ1) is 18.8. The number of hydrogen-bond acceptors (Lipinski definition) is 0. The number of hydrogen-bond donors (Lipinski definition) is 0. The Balaban J connectivity index is 1.74. The van der Waals surface area contributed by atoms with Gasteiger partial charge in [0.15, 0.2) is 0 Å². The summed E-state index contributed by atoms with van der Waals surface area (Å²) < 4.78 is 1.17. The third kappa shape index (κ3) is 2.63. The highest BCUT2D eigenvalue weighted by Gasteiger charge is 2.28. The van der Waals surface area contributed by atoms with Gasteiger partial charge in [-0.15, -0.1) is 0 Å².